The van der Waals surface area contributed by atoms with E-state index < -0.39 is 5.41 Å². The topological polar surface area (TPSA) is 35.5 Å². The summed E-state index contributed by atoms with van der Waals surface area (Å²) in [7, 11) is 0. The number of rotatable bonds is 4. The number of hydrogen-bond acceptors (Lipinski definition) is 3. The molecule has 0 amide bonds. The smallest absolute Gasteiger partial charge is 0.321 e. The van der Waals surface area contributed by atoms with Gasteiger partial charge in [0.25, 0.3) is 0 Å². The molecule has 1 aliphatic rings. The predicted octanol–water partition coefficient (Wildman–Crippen LogP) is 2.95. The number of aryl methyl sites for hydroxylation is 1. The molecule has 3 nitrogen and oxygen atoms in total. The summed E-state index contributed by atoms with van der Waals surface area (Å²) in [6, 6.07) is 6.35. The molecular weight excluding hydrogens is 240 g/mol. The zero-order valence-corrected chi connectivity index (χ0v) is 12.2. The molecule has 1 aromatic carbocycles. The Kier molecular flexibility index (Phi) is 3.95. The first-order chi connectivity index (χ1) is 9.01. The molecule has 1 aliphatic heterocycles. The lowest BCUT2D eigenvalue weighted by Gasteiger charge is -2.40. The van der Waals surface area contributed by atoms with E-state index in [0.717, 1.165) is 11.1 Å². The lowest BCUT2D eigenvalue weighted by Crippen LogP contribution is -2.54. The minimum absolute atomic E-state index is 0.162. The first kappa shape index (κ1) is 14.1. The van der Waals surface area contributed by atoms with E-state index >= 15 is 0 Å². The quantitative estimate of drug-likeness (QED) is 0.783. The Morgan fingerprint density at radius 1 is 1.42 bits per heavy atom. The second-order valence-corrected chi connectivity index (χ2v) is 5.52. The van der Waals surface area contributed by atoms with Crippen LogP contribution >= 0.6 is 0 Å². The summed E-state index contributed by atoms with van der Waals surface area (Å²) >= 11 is 0. The molecule has 0 aliphatic carbocycles. The van der Waals surface area contributed by atoms with Gasteiger partial charge < -0.3 is 9.47 Å². The first-order valence-electron chi connectivity index (χ1n) is 6.87. The van der Waals surface area contributed by atoms with Crippen LogP contribution in [0.2, 0.25) is 0 Å². The molecule has 19 heavy (non-hydrogen) atoms. The maximum Gasteiger partial charge on any atom is 0.321 e. The molecule has 0 spiro atoms. The van der Waals surface area contributed by atoms with Gasteiger partial charge in [0.15, 0.2) is 0 Å². The monoisotopic (exact) mass is 262 g/mol. The summed E-state index contributed by atoms with van der Waals surface area (Å²) in [5.74, 6) is 0.282. The molecule has 1 aromatic rings. The van der Waals surface area contributed by atoms with Crippen LogP contribution in [0.5, 0.6) is 0 Å². The Bertz CT molecular complexity index is 473. The summed E-state index contributed by atoms with van der Waals surface area (Å²) in [5.41, 5.74) is 2.84. The summed E-state index contributed by atoms with van der Waals surface area (Å²) in [5, 5.41) is 0. The highest BCUT2D eigenvalue weighted by Crippen LogP contribution is 2.37. The van der Waals surface area contributed by atoms with Gasteiger partial charge in [-0.3, -0.25) is 4.79 Å². The van der Waals surface area contributed by atoms with E-state index in [1.807, 2.05) is 13.8 Å². The molecule has 0 aromatic heterocycles. The lowest BCUT2D eigenvalue weighted by atomic mass is 9.75. The summed E-state index contributed by atoms with van der Waals surface area (Å²) in [6.07, 6.45) is 0. The third-order valence-corrected chi connectivity index (χ3v) is 3.81. The predicted molar refractivity (Wildman–Crippen MR) is 74.4 cm³/mol. The zero-order chi connectivity index (χ0) is 14.0. The molecule has 0 bridgehead atoms. The highest BCUT2D eigenvalue weighted by molar-refractivity contribution is 5.85. The van der Waals surface area contributed by atoms with Gasteiger partial charge in [0.1, 0.15) is 5.41 Å². The molecule has 1 saturated heterocycles. The van der Waals surface area contributed by atoms with E-state index in [9.17, 15) is 4.79 Å². The Hall–Kier alpha value is -1.35. The number of esters is 1. The summed E-state index contributed by atoms with van der Waals surface area (Å²) in [4.78, 5) is 12.3. The van der Waals surface area contributed by atoms with Crippen LogP contribution in [0.15, 0.2) is 18.2 Å². The largest absolute Gasteiger partial charge is 0.465 e. The van der Waals surface area contributed by atoms with Crippen LogP contribution in [-0.2, 0) is 19.7 Å². The van der Waals surface area contributed by atoms with Crippen molar-refractivity contribution in [3.63, 3.8) is 0 Å². The molecule has 104 valence electrons. The molecule has 2 rings (SSSR count). The first-order valence-corrected chi connectivity index (χ1v) is 6.87. The van der Waals surface area contributed by atoms with Crippen molar-refractivity contribution in [2.45, 2.75) is 39.0 Å². The van der Waals surface area contributed by atoms with Crippen LogP contribution in [0.1, 0.15) is 43.4 Å². The van der Waals surface area contributed by atoms with Gasteiger partial charge in [-0.05, 0) is 36.5 Å². The molecule has 1 heterocycles. The van der Waals surface area contributed by atoms with E-state index in [1.165, 1.54) is 5.56 Å². The Morgan fingerprint density at radius 3 is 2.58 bits per heavy atom. The molecule has 0 unspecified atom stereocenters. The van der Waals surface area contributed by atoms with Crippen LogP contribution in [0.4, 0.5) is 0 Å². The van der Waals surface area contributed by atoms with Crippen molar-refractivity contribution >= 4 is 5.97 Å². The van der Waals surface area contributed by atoms with Gasteiger partial charge >= 0.3 is 5.97 Å². The molecule has 1 fully saturated rings. The van der Waals surface area contributed by atoms with Crippen LogP contribution in [0, 0.1) is 6.92 Å². The fourth-order valence-corrected chi connectivity index (χ4v) is 2.47. The Morgan fingerprint density at radius 2 is 2.11 bits per heavy atom. The van der Waals surface area contributed by atoms with Crippen molar-refractivity contribution in [2.24, 2.45) is 0 Å². The number of ether oxygens (including phenoxy) is 2. The van der Waals surface area contributed by atoms with E-state index in [2.05, 4.69) is 32.0 Å². The van der Waals surface area contributed by atoms with Crippen LogP contribution < -0.4 is 0 Å². The third-order valence-electron chi connectivity index (χ3n) is 3.81. The second kappa shape index (κ2) is 5.33. The zero-order valence-electron chi connectivity index (χ0n) is 12.2. The number of carbonyl (C=O) groups excluding carboxylic acids is 1. The van der Waals surface area contributed by atoms with Crippen molar-refractivity contribution in [2.75, 3.05) is 19.8 Å². The van der Waals surface area contributed by atoms with Crippen molar-refractivity contribution in [1.29, 1.82) is 0 Å². The molecule has 0 N–H and O–H groups in total. The standard InChI is InChI=1S/C16H22O3/c1-5-19-15(17)16(9-18-10-16)14-8-13(11(2)3)7-6-12(14)4/h6-8,11H,5,9-10H2,1-4H3. The minimum atomic E-state index is -0.592. The van der Waals surface area contributed by atoms with Gasteiger partial charge in [-0.2, -0.15) is 0 Å². The highest BCUT2D eigenvalue weighted by atomic mass is 16.6. The van der Waals surface area contributed by atoms with E-state index in [1.54, 1.807) is 0 Å². The van der Waals surface area contributed by atoms with Gasteiger partial charge in [-0.25, -0.2) is 0 Å². The van der Waals surface area contributed by atoms with Gasteiger partial charge in [0.2, 0.25) is 0 Å². The van der Waals surface area contributed by atoms with Crippen molar-refractivity contribution in [1.82, 2.24) is 0 Å². The van der Waals surface area contributed by atoms with Gasteiger partial charge in [0, 0.05) is 0 Å². The molecule has 0 saturated carbocycles. The maximum absolute atomic E-state index is 12.3. The fraction of sp³-hybridized carbons (Fsp3) is 0.562. The molecule has 3 heteroatoms. The van der Waals surface area contributed by atoms with Crippen LogP contribution in [0.25, 0.3) is 0 Å². The lowest BCUT2D eigenvalue weighted by molar-refractivity contribution is -0.169. The Balaban J connectivity index is 2.43. The van der Waals surface area contributed by atoms with Crippen molar-refractivity contribution < 1.29 is 14.3 Å². The minimum Gasteiger partial charge on any atom is -0.465 e. The molecular formula is C16H22O3. The highest BCUT2D eigenvalue weighted by Gasteiger charge is 2.49. The van der Waals surface area contributed by atoms with Crippen molar-refractivity contribution in [3.8, 4) is 0 Å². The summed E-state index contributed by atoms with van der Waals surface area (Å²) in [6.45, 7) is 9.44. The van der Waals surface area contributed by atoms with Gasteiger partial charge in [-0.15, -0.1) is 0 Å². The third kappa shape index (κ3) is 2.39. The number of carbonyl (C=O) groups is 1. The SMILES string of the molecule is CCOC(=O)C1(c2cc(C(C)C)ccc2C)COC1. The molecule has 0 radical (unpaired) electrons. The average molecular weight is 262 g/mol. The maximum atomic E-state index is 12.3. The molecule has 0 atom stereocenters. The van der Waals surface area contributed by atoms with E-state index in [4.69, 9.17) is 9.47 Å². The van der Waals surface area contributed by atoms with E-state index in [0.29, 0.717) is 25.7 Å². The van der Waals surface area contributed by atoms with Gasteiger partial charge in [-0.1, -0.05) is 32.0 Å². The number of hydrogen-bond donors (Lipinski definition) is 0. The average Bonchev–Trinajstić information content (AvgIpc) is 2.30. The Labute approximate surface area is 114 Å². The van der Waals surface area contributed by atoms with Crippen LogP contribution in [0.3, 0.4) is 0 Å². The summed E-state index contributed by atoms with van der Waals surface area (Å²) < 4.78 is 10.6. The fourth-order valence-electron chi connectivity index (χ4n) is 2.47. The number of benzene rings is 1. The van der Waals surface area contributed by atoms with Crippen LogP contribution in [-0.4, -0.2) is 25.8 Å². The normalized spacial score (nSPS) is 17.1. The van der Waals surface area contributed by atoms with Gasteiger partial charge in [0.05, 0.1) is 19.8 Å². The second-order valence-electron chi connectivity index (χ2n) is 5.52. The van der Waals surface area contributed by atoms with E-state index in [-0.39, 0.29) is 5.97 Å². The van der Waals surface area contributed by atoms with Crippen molar-refractivity contribution in [3.05, 3.63) is 34.9 Å².